The Labute approximate surface area is 109 Å². The molecular formula is C13H11ClN2O2. The number of hydrogen-bond acceptors (Lipinski definition) is 3. The molecule has 2 aromatic rings. The van der Waals surface area contributed by atoms with Gasteiger partial charge in [0.1, 0.15) is 5.75 Å². The summed E-state index contributed by atoms with van der Waals surface area (Å²) in [7, 11) is 0. The second-order valence-electron chi connectivity index (χ2n) is 3.76. The number of nitrogens with zero attached hydrogens (tertiary/aromatic N) is 1. The summed E-state index contributed by atoms with van der Waals surface area (Å²) in [6.45, 7) is 1.80. The molecule has 0 spiro atoms. The van der Waals surface area contributed by atoms with Crippen LogP contribution >= 0.6 is 11.6 Å². The highest BCUT2D eigenvalue weighted by molar-refractivity contribution is 6.32. The third-order valence-electron chi connectivity index (χ3n) is 2.47. The fourth-order valence-corrected chi connectivity index (χ4v) is 1.64. The fourth-order valence-electron chi connectivity index (χ4n) is 1.46. The van der Waals surface area contributed by atoms with Gasteiger partial charge in [-0.3, -0.25) is 9.78 Å². The predicted molar refractivity (Wildman–Crippen MR) is 70.0 cm³/mol. The summed E-state index contributed by atoms with van der Waals surface area (Å²) in [5.74, 6) is -0.348. The van der Waals surface area contributed by atoms with Gasteiger partial charge >= 0.3 is 0 Å². The Morgan fingerprint density at radius 3 is 2.83 bits per heavy atom. The number of carbonyl (C=O) groups is 1. The number of benzene rings is 1. The number of aromatic hydroxyl groups is 1. The van der Waals surface area contributed by atoms with Gasteiger partial charge < -0.3 is 10.4 Å². The highest BCUT2D eigenvalue weighted by atomic mass is 35.5. The van der Waals surface area contributed by atoms with E-state index in [1.165, 1.54) is 18.2 Å². The lowest BCUT2D eigenvalue weighted by atomic mass is 10.2. The van der Waals surface area contributed by atoms with Crippen LogP contribution in [0, 0.1) is 6.92 Å². The van der Waals surface area contributed by atoms with Crippen LogP contribution in [0.2, 0.25) is 5.02 Å². The molecule has 92 valence electrons. The first-order chi connectivity index (χ1) is 8.58. The number of anilines is 1. The Morgan fingerprint density at radius 1 is 1.39 bits per heavy atom. The number of carbonyl (C=O) groups excluding carboxylic acids is 1. The molecule has 0 unspecified atom stereocenters. The van der Waals surface area contributed by atoms with Gasteiger partial charge in [0.15, 0.2) is 0 Å². The predicted octanol–water partition coefficient (Wildman–Crippen LogP) is 3.00. The van der Waals surface area contributed by atoms with E-state index in [2.05, 4.69) is 10.3 Å². The molecule has 0 saturated carbocycles. The monoisotopic (exact) mass is 262 g/mol. The molecule has 0 fully saturated rings. The maximum Gasteiger partial charge on any atom is 0.255 e. The number of rotatable bonds is 2. The normalized spacial score (nSPS) is 10.1. The number of aryl methyl sites for hydroxylation is 1. The third-order valence-corrected chi connectivity index (χ3v) is 2.77. The van der Waals surface area contributed by atoms with Gasteiger partial charge in [-0.15, -0.1) is 0 Å². The Hall–Kier alpha value is -2.07. The Morgan fingerprint density at radius 2 is 2.17 bits per heavy atom. The van der Waals surface area contributed by atoms with Gasteiger partial charge in [0.05, 0.1) is 16.4 Å². The van der Waals surface area contributed by atoms with Crippen LogP contribution in [-0.2, 0) is 0 Å². The molecule has 2 N–H and O–H groups in total. The van der Waals surface area contributed by atoms with Crippen molar-refractivity contribution in [3.05, 3.63) is 52.8 Å². The van der Waals surface area contributed by atoms with Gasteiger partial charge in [-0.05, 0) is 37.3 Å². The first-order valence-electron chi connectivity index (χ1n) is 5.29. The number of pyridine rings is 1. The minimum Gasteiger partial charge on any atom is -0.506 e. The van der Waals surface area contributed by atoms with Crippen molar-refractivity contribution < 1.29 is 9.90 Å². The number of phenols is 1. The summed E-state index contributed by atoms with van der Waals surface area (Å²) in [6, 6.07) is 7.81. The SMILES string of the molecule is Cc1ncccc1NC(=O)c1ccc(O)c(Cl)c1. The van der Waals surface area contributed by atoms with E-state index in [1.807, 2.05) is 0 Å². The first-order valence-corrected chi connectivity index (χ1v) is 5.67. The standard InChI is InChI=1S/C13H11ClN2O2/c1-8-11(3-2-6-15-8)16-13(18)9-4-5-12(17)10(14)7-9/h2-7,17H,1H3,(H,16,18). The van der Waals surface area contributed by atoms with Crippen LogP contribution in [0.1, 0.15) is 16.1 Å². The molecule has 0 atom stereocenters. The van der Waals surface area contributed by atoms with Crippen molar-refractivity contribution in [3.8, 4) is 5.75 Å². The second kappa shape index (κ2) is 5.06. The maximum atomic E-state index is 12.0. The summed E-state index contributed by atoms with van der Waals surface area (Å²) in [5.41, 5.74) is 1.75. The lowest BCUT2D eigenvalue weighted by molar-refractivity contribution is 0.102. The van der Waals surface area contributed by atoms with Crippen LogP contribution in [0.5, 0.6) is 5.75 Å². The van der Waals surface area contributed by atoms with Crippen LogP contribution in [0.15, 0.2) is 36.5 Å². The van der Waals surface area contributed by atoms with Crippen molar-refractivity contribution in [2.45, 2.75) is 6.92 Å². The maximum absolute atomic E-state index is 12.0. The molecule has 0 radical (unpaired) electrons. The molecule has 0 aliphatic heterocycles. The Kier molecular flexibility index (Phi) is 3.48. The van der Waals surface area contributed by atoms with Gasteiger partial charge in [0, 0.05) is 11.8 Å². The van der Waals surface area contributed by atoms with Crippen molar-refractivity contribution in [2.24, 2.45) is 0 Å². The lowest BCUT2D eigenvalue weighted by Crippen LogP contribution is -2.13. The minimum absolute atomic E-state index is 0.0502. The van der Waals surface area contributed by atoms with Crippen LogP contribution in [0.3, 0.4) is 0 Å². The molecule has 5 heteroatoms. The van der Waals surface area contributed by atoms with E-state index in [0.717, 1.165) is 5.69 Å². The minimum atomic E-state index is -0.298. The van der Waals surface area contributed by atoms with Crippen molar-refractivity contribution in [1.82, 2.24) is 4.98 Å². The molecular weight excluding hydrogens is 252 g/mol. The zero-order chi connectivity index (χ0) is 13.1. The highest BCUT2D eigenvalue weighted by Crippen LogP contribution is 2.24. The molecule has 1 aromatic heterocycles. The summed E-state index contributed by atoms with van der Waals surface area (Å²) in [4.78, 5) is 16.0. The van der Waals surface area contributed by atoms with Crippen molar-refractivity contribution >= 4 is 23.2 Å². The lowest BCUT2D eigenvalue weighted by Gasteiger charge is -2.07. The fraction of sp³-hybridized carbons (Fsp3) is 0.0769. The second-order valence-corrected chi connectivity index (χ2v) is 4.16. The van der Waals surface area contributed by atoms with Crippen LogP contribution in [0.25, 0.3) is 0 Å². The molecule has 1 heterocycles. The number of aromatic nitrogens is 1. The van der Waals surface area contributed by atoms with Crippen molar-refractivity contribution in [2.75, 3.05) is 5.32 Å². The summed E-state index contributed by atoms with van der Waals surface area (Å²) in [6.07, 6.45) is 1.66. The van der Waals surface area contributed by atoms with Gasteiger partial charge in [0.2, 0.25) is 0 Å². The highest BCUT2D eigenvalue weighted by Gasteiger charge is 2.09. The molecule has 18 heavy (non-hydrogen) atoms. The average Bonchev–Trinajstić information content (AvgIpc) is 2.35. The van der Waals surface area contributed by atoms with Gasteiger partial charge in [0.25, 0.3) is 5.91 Å². The largest absolute Gasteiger partial charge is 0.506 e. The summed E-state index contributed by atoms with van der Waals surface area (Å²) >= 11 is 5.75. The van der Waals surface area contributed by atoms with Crippen LogP contribution in [-0.4, -0.2) is 16.0 Å². The topological polar surface area (TPSA) is 62.2 Å². The zero-order valence-electron chi connectivity index (χ0n) is 9.64. The van der Waals surface area contributed by atoms with Gasteiger partial charge in [-0.1, -0.05) is 11.6 Å². The molecule has 0 bridgehead atoms. The Bertz CT molecular complexity index is 599. The van der Waals surface area contributed by atoms with E-state index >= 15 is 0 Å². The van der Waals surface area contributed by atoms with Crippen molar-refractivity contribution in [1.29, 1.82) is 0 Å². The quantitative estimate of drug-likeness (QED) is 0.875. The van der Waals surface area contributed by atoms with E-state index in [-0.39, 0.29) is 16.7 Å². The van der Waals surface area contributed by atoms with E-state index in [4.69, 9.17) is 11.6 Å². The number of hydrogen-bond donors (Lipinski definition) is 2. The van der Waals surface area contributed by atoms with E-state index in [9.17, 15) is 9.90 Å². The summed E-state index contributed by atoms with van der Waals surface area (Å²) in [5, 5.41) is 12.2. The van der Waals surface area contributed by atoms with E-state index in [1.54, 1.807) is 25.3 Å². The molecule has 0 saturated heterocycles. The smallest absolute Gasteiger partial charge is 0.255 e. The molecule has 2 rings (SSSR count). The molecule has 1 amide bonds. The Balaban J connectivity index is 2.22. The number of amides is 1. The zero-order valence-corrected chi connectivity index (χ0v) is 10.4. The van der Waals surface area contributed by atoms with Crippen LogP contribution < -0.4 is 5.32 Å². The van der Waals surface area contributed by atoms with Gasteiger partial charge in [-0.25, -0.2) is 0 Å². The molecule has 0 aliphatic rings. The van der Waals surface area contributed by atoms with Crippen LogP contribution in [0.4, 0.5) is 5.69 Å². The summed E-state index contributed by atoms with van der Waals surface area (Å²) < 4.78 is 0. The number of nitrogens with one attached hydrogen (secondary N) is 1. The third kappa shape index (κ3) is 2.60. The number of halogens is 1. The molecule has 0 aliphatic carbocycles. The molecule has 1 aromatic carbocycles. The van der Waals surface area contributed by atoms with Gasteiger partial charge in [-0.2, -0.15) is 0 Å². The van der Waals surface area contributed by atoms with E-state index in [0.29, 0.717) is 11.3 Å². The van der Waals surface area contributed by atoms with E-state index < -0.39 is 0 Å². The first kappa shape index (κ1) is 12.4. The number of phenolic OH excluding ortho intramolecular Hbond substituents is 1. The molecule has 4 nitrogen and oxygen atoms in total. The average molecular weight is 263 g/mol. The van der Waals surface area contributed by atoms with Crippen molar-refractivity contribution in [3.63, 3.8) is 0 Å².